The third kappa shape index (κ3) is 4.51. The van der Waals surface area contributed by atoms with Gasteiger partial charge in [0.15, 0.2) is 9.84 Å². The summed E-state index contributed by atoms with van der Waals surface area (Å²) in [5.41, 5.74) is 5.78. The van der Waals surface area contributed by atoms with Gasteiger partial charge in [-0.2, -0.15) is 0 Å². The van der Waals surface area contributed by atoms with Crippen LogP contribution >= 0.6 is 0 Å². The van der Waals surface area contributed by atoms with Gasteiger partial charge in [0.25, 0.3) is 0 Å². The largest absolute Gasteiger partial charge is 0.489 e. The predicted octanol–water partition coefficient (Wildman–Crippen LogP) is 2.83. The van der Waals surface area contributed by atoms with Crippen LogP contribution in [0.2, 0.25) is 0 Å². The molecule has 1 amide bonds. The first-order valence-electron chi connectivity index (χ1n) is 10.1. The number of hydrogen-bond acceptors (Lipinski definition) is 5. The van der Waals surface area contributed by atoms with Crippen molar-refractivity contribution >= 4 is 15.7 Å². The van der Waals surface area contributed by atoms with E-state index in [4.69, 9.17) is 10.5 Å². The molecule has 1 aromatic rings. The van der Waals surface area contributed by atoms with Gasteiger partial charge in [0, 0.05) is 17.5 Å². The van der Waals surface area contributed by atoms with E-state index in [-0.39, 0.29) is 22.6 Å². The molecule has 3 aliphatic carbocycles. The molecule has 4 rings (SSSR count). The van der Waals surface area contributed by atoms with E-state index in [9.17, 15) is 13.2 Å². The van der Waals surface area contributed by atoms with Crippen LogP contribution in [0.1, 0.15) is 47.0 Å². The number of benzene rings is 1. The molecule has 0 heterocycles. The molecule has 3 aliphatic rings. The molecule has 3 saturated carbocycles. The summed E-state index contributed by atoms with van der Waals surface area (Å²) in [6, 6.07) is 6.57. The highest BCUT2D eigenvalue weighted by Gasteiger charge is 2.69. The molecule has 3 fully saturated rings. The van der Waals surface area contributed by atoms with Crippen LogP contribution in [0.15, 0.2) is 40.8 Å². The Morgan fingerprint density at radius 3 is 2.28 bits per heavy atom. The Kier molecular flexibility index (Phi) is 5.60. The number of amides is 1. The number of sulfone groups is 1. The quantitative estimate of drug-likeness (QED) is 0.630. The van der Waals surface area contributed by atoms with E-state index in [2.05, 4.69) is 5.32 Å². The number of carbonyl (C=O) groups is 1. The lowest BCUT2D eigenvalue weighted by atomic mass is 9.40. The smallest absolute Gasteiger partial charge is 0.225 e. The van der Waals surface area contributed by atoms with Gasteiger partial charge in [-0.15, -0.1) is 0 Å². The number of ether oxygens (including phenoxy) is 1. The number of nitrogens with two attached hydrogens (primary N) is 1. The maximum atomic E-state index is 12.9. The van der Waals surface area contributed by atoms with Crippen molar-refractivity contribution < 1.29 is 17.9 Å². The fraction of sp³-hybridized carbons (Fsp3) is 0.591. The summed E-state index contributed by atoms with van der Waals surface area (Å²) in [5.74, 6) is 0.773. The third-order valence-corrected chi connectivity index (χ3v) is 7.96. The van der Waals surface area contributed by atoms with Gasteiger partial charge < -0.3 is 15.8 Å². The predicted molar refractivity (Wildman–Crippen MR) is 113 cm³/mol. The number of hydrogen-bond donors (Lipinski definition) is 2. The van der Waals surface area contributed by atoms with Gasteiger partial charge >= 0.3 is 0 Å². The van der Waals surface area contributed by atoms with E-state index < -0.39 is 15.3 Å². The van der Waals surface area contributed by atoms with Crippen molar-refractivity contribution in [1.29, 1.82) is 0 Å². The average Bonchev–Trinajstić information content (AvgIpc) is 2.59. The molecule has 0 unspecified atom stereocenters. The van der Waals surface area contributed by atoms with Gasteiger partial charge in [0.05, 0.1) is 10.6 Å². The van der Waals surface area contributed by atoms with Crippen molar-refractivity contribution in [2.75, 3.05) is 18.9 Å². The Bertz CT molecular complexity index is 891. The van der Waals surface area contributed by atoms with Gasteiger partial charge in [-0.3, -0.25) is 4.79 Å². The normalized spacial score (nSPS) is 26.3. The van der Waals surface area contributed by atoms with Crippen LogP contribution in [-0.4, -0.2) is 38.8 Å². The van der Waals surface area contributed by atoms with Gasteiger partial charge in [0.2, 0.25) is 5.91 Å². The van der Waals surface area contributed by atoms with Crippen LogP contribution in [0, 0.1) is 10.8 Å². The fourth-order valence-corrected chi connectivity index (χ4v) is 6.21. The summed E-state index contributed by atoms with van der Waals surface area (Å²) in [4.78, 5) is 12.5. The van der Waals surface area contributed by atoms with Crippen LogP contribution in [0.3, 0.4) is 0 Å². The number of rotatable bonds is 8. The number of allylic oxidation sites excluding steroid dienone is 1. The molecule has 0 aromatic heterocycles. The second kappa shape index (κ2) is 7.43. The Morgan fingerprint density at radius 2 is 1.79 bits per heavy atom. The van der Waals surface area contributed by atoms with Crippen molar-refractivity contribution in [2.45, 2.75) is 57.4 Å². The van der Waals surface area contributed by atoms with Crippen molar-refractivity contribution in [3.63, 3.8) is 0 Å². The molecule has 0 saturated heterocycles. The van der Waals surface area contributed by atoms with Gasteiger partial charge in [-0.25, -0.2) is 8.42 Å². The van der Waals surface area contributed by atoms with Gasteiger partial charge in [0.1, 0.15) is 12.4 Å². The standard InChI is InChI=1S/C22H32N2O4S/c1-5-16(10-23)11-28-17-6-8-18(9-7-17)29(26,27)15-21-12-22(13-21,14-21)24-19(25)20(2,3)4/h5-9H,10-15,23H2,1-4H3,(H,24,25)/b16-5+. The summed E-state index contributed by atoms with van der Waals surface area (Å²) in [5, 5.41) is 3.13. The molecule has 0 radical (unpaired) electrons. The number of nitrogens with one attached hydrogen (secondary N) is 1. The zero-order valence-corrected chi connectivity index (χ0v) is 18.6. The van der Waals surface area contributed by atoms with Crippen LogP contribution in [0.4, 0.5) is 0 Å². The molecule has 0 atom stereocenters. The lowest BCUT2D eigenvalue weighted by Crippen LogP contribution is -2.76. The van der Waals surface area contributed by atoms with Crippen LogP contribution in [0.25, 0.3) is 0 Å². The molecule has 29 heavy (non-hydrogen) atoms. The van der Waals surface area contributed by atoms with Crippen LogP contribution in [0.5, 0.6) is 5.75 Å². The summed E-state index contributed by atoms with van der Waals surface area (Å²) >= 11 is 0. The average molecular weight is 421 g/mol. The molecule has 0 aliphatic heterocycles. The maximum Gasteiger partial charge on any atom is 0.225 e. The Balaban J connectivity index is 1.56. The monoisotopic (exact) mass is 420 g/mol. The van der Waals surface area contributed by atoms with Crippen molar-refractivity contribution in [3.05, 3.63) is 35.9 Å². The molecule has 160 valence electrons. The highest BCUT2D eigenvalue weighted by atomic mass is 32.2. The van der Waals surface area contributed by atoms with Crippen LogP contribution in [-0.2, 0) is 14.6 Å². The van der Waals surface area contributed by atoms with Crippen molar-refractivity contribution in [3.8, 4) is 5.75 Å². The third-order valence-electron chi connectivity index (χ3n) is 5.97. The molecule has 3 N–H and O–H groups in total. The molecule has 6 nitrogen and oxygen atoms in total. The van der Waals surface area contributed by atoms with E-state index in [1.807, 2.05) is 33.8 Å². The fourth-order valence-electron chi connectivity index (χ4n) is 4.38. The minimum atomic E-state index is -3.38. The first-order chi connectivity index (χ1) is 13.4. The van der Waals surface area contributed by atoms with E-state index >= 15 is 0 Å². The summed E-state index contributed by atoms with van der Waals surface area (Å²) in [6.45, 7) is 8.39. The first kappa shape index (κ1) is 21.8. The van der Waals surface area contributed by atoms with E-state index in [1.165, 1.54) is 0 Å². The van der Waals surface area contributed by atoms with E-state index in [0.29, 0.717) is 23.8 Å². The number of carbonyl (C=O) groups excluding carboxylic acids is 1. The molecular formula is C22H32N2O4S. The second-order valence-electron chi connectivity index (χ2n) is 9.68. The minimum Gasteiger partial charge on any atom is -0.489 e. The first-order valence-corrected chi connectivity index (χ1v) is 11.7. The molecule has 2 bridgehead atoms. The summed E-state index contributed by atoms with van der Waals surface area (Å²) in [7, 11) is -3.38. The van der Waals surface area contributed by atoms with Crippen LogP contribution < -0.4 is 15.8 Å². The topological polar surface area (TPSA) is 98.5 Å². The Hall–Kier alpha value is -1.86. The van der Waals surface area contributed by atoms with E-state index in [0.717, 1.165) is 24.8 Å². The SMILES string of the molecule is C/C=C(\CN)COc1ccc(S(=O)(=O)CC23CC(NC(=O)C(C)(C)C)(C2)C3)cc1. The Morgan fingerprint density at radius 1 is 1.21 bits per heavy atom. The summed E-state index contributed by atoms with van der Waals surface area (Å²) in [6.07, 6.45) is 4.15. The van der Waals surface area contributed by atoms with Gasteiger partial charge in [-0.1, -0.05) is 26.8 Å². The van der Waals surface area contributed by atoms with Crippen molar-refractivity contribution in [1.82, 2.24) is 5.32 Å². The second-order valence-corrected chi connectivity index (χ2v) is 11.7. The molecular weight excluding hydrogens is 388 g/mol. The lowest BCUT2D eigenvalue weighted by molar-refractivity contribution is -0.160. The van der Waals surface area contributed by atoms with E-state index in [1.54, 1.807) is 24.3 Å². The highest BCUT2D eigenvalue weighted by molar-refractivity contribution is 7.91. The summed E-state index contributed by atoms with van der Waals surface area (Å²) < 4.78 is 31.4. The Labute approximate surface area is 173 Å². The molecule has 7 heteroatoms. The highest BCUT2D eigenvalue weighted by Crippen LogP contribution is 2.68. The lowest BCUT2D eigenvalue weighted by Gasteiger charge is -2.70. The maximum absolute atomic E-state index is 12.9. The van der Waals surface area contributed by atoms with Crippen molar-refractivity contribution in [2.24, 2.45) is 16.6 Å². The minimum absolute atomic E-state index is 0.0277. The molecule has 1 aromatic carbocycles. The molecule has 0 spiro atoms. The van der Waals surface area contributed by atoms with Gasteiger partial charge in [-0.05, 0) is 61.4 Å². The zero-order chi connectivity index (χ0) is 21.5. The zero-order valence-electron chi connectivity index (χ0n) is 17.7.